The number of hydrogen-bond acceptors (Lipinski definition) is 4. The van der Waals surface area contributed by atoms with Crippen molar-refractivity contribution in [3.63, 3.8) is 0 Å². The molecule has 0 radical (unpaired) electrons. The Kier molecular flexibility index (Phi) is 3.88. The third-order valence-electron chi connectivity index (χ3n) is 3.76. The Morgan fingerprint density at radius 2 is 2.05 bits per heavy atom. The van der Waals surface area contributed by atoms with E-state index in [4.69, 9.17) is 9.84 Å². The van der Waals surface area contributed by atoms with E-state index in [1.54, 1.807) is 0 Å². The quantitative estimate of drug-likeness (QED) is 0.912. The Bertz CT molecular complexity index is 618. The van der Waals surface area contributed by atoms with Gasteiger partial charge in [-0.25, -0.2) is 8.42 Å². The number of carboxylic acids is 1. The SMILES string of the molecule is CC(C)(C(=O)O)S(=O)(=O)CC1OCCc2ccccc21. The van der Waals surface area contributed by atoms with Gasteiger partial charge in [0.1, 0.15) is 0 Å². The first-order chi connectivity index (χ1) is 9.25. The van der Waals surface area contributed by atoms with Crippen LogP contribution < -0.4 is 0 Å². The minimum Gasteiger partial charge on any atom is -0.480 e. The molecule has 5 nitrogen and oxygen atoms in total. The summed E-state index contributed by atoms with van der Waals surface area (Å²) in [6, 6.07) is 7.51. The van der Waals surface area contributed by atoms with Gasteiger partial charge in [-0.2, -0.15) is 0 Å². The van der Waals surface area contributed by atoms with Gasteiger partial charge in [-0.1, -0.05) is 24.3 Å². The zero-order valence-electron chi connectivity index (χ0n) is 11.5. The molecule has 2 rings (SSSR count). The van der Waals surface area contributed by atoms with Gasteiger partial charge in [0, 0.05) is 0 Å². The van der Waals surface area contributed by atoms with E-state index in [0.29, 0.717) is 6.61 Å². The van der Waals surface area contributed by atoms with Crippen molar-refractivity contribution in [3.8, 4) is 0 Å². The summed E-state index contributed by atoms with van der Waals surface area (Å²) in [5.74, 6) is -1.66. The van der Waals surface area contributed by atoms with Crippen LogP contribution in [-0.2, 0) is 25.8 Å². The van der Waals surface area contributed by atoms with Crippen molar-refractivity contribution < 1.29 is 23.1 Å². The lowest BCUT2D eigenvalue weighted by Gasteiger charge is -2.28. The zero-order valence-corrected chi connectivity index (χ0v) is 12.3. The fourth-order valence-corrected chi connectivity index (χ4v) is 3.51. The van der Waals surface area contributed by atoms with Crippen LogP contribution in [0.3, 0.4) is 0 Å². The Balaban J connectivity index is 2.30. The van der Waals surface area contributed by atoms with Crippen LogP contribution >= 0.6 is 0 Å². The molecule has 0 amide bonds. The second kappa shape index (κ2) is 5.18. The van der Waals surface area contributed by atoms with Gasteiger partial charge in [0.15, 0.2) is 14.6 Å². The third-order valence-corrected chi connectivity index (χ3v) is 6.23. The number of fused-ring (bicyclic) bond motifs is 1. The summed E-state index contributed by atoms with van der Waals surface area (Å²) in [7, 11) is -3.83. The zero-order chi connectivity index (χ0) is 15.0. The predicted molar refractivity (Wildman–Crippen MR) is 74.3 cm³/mol. The molecule has 0 bridgehead atoms. The van der Waals surface area contributed by atoms with Crippen LogP contribution in [0.5, 0.6) is 0 Å². The molecule has 1 aliphatic rings. The number of aliphatic carboxylic acids is 1. The van der Waals surface area contributed by atoms with E-state index in [1.165, 1.54) is 13.8 Å². The molecule has 1 N–H and O–H groups in total. The monoisotopic (exact) mass is 298 g/mol. The lowest BCUT2D eigenvalue weighted by molar-refractivity contribution is -0.139. The topological polar surface area (TPSA) is 80.7 Å². The maximum atomic E-state index is 12.3. The standard InChI is InChI=1S/C14H18O5S/c1-14(2,13(15)16)20(17,18)9-12-11-6-4-3-5-10(11)7-8-19-12/h3-6,12H,7-9H2,1-2H3,(H,15,16). The highest BCUT2D eigenvalue weighted by Crippen LogP contribution is 2.31. The molecule has 0 saturated carbocycles. The van der Waals surface area contributed by atoms with Gasteiger partial charge < -0.3 is 9.84 Å². The first-order valence-corrected chi connectivity index (χ1v) is 8.06. The van der Waals surface area contributed by atoms with Gasteiger partial charge in [0.25, 0.3) is 0 Å². The Morgan fingerprint density at radius 1 is 1.40 bits per heavy atom. The molecule has 1 aliphatic heterocycles. The van der Waals surface area contributed by atoms with Crippen LogP contribution in [0.25, 0.3) is 0 Å². The maximum absolute atomic E-state index is 12.3. The molecule has 0 aromatic heterocycles. The van der Waals surface area contributed by atoms with E-state index in [0.717, 1.165) is 17.5 Å². The van der Waals surface area contributed by atoms with Crippen LogP contribution in [-0.4, -0.2) is 36.6 Å². The summed E-state index contributed by atoms with van der Waals surface area (Å²) < 4.78 is 28.3. The van der Waals surface area contributed by atoms with E-state index in [1.807, 2.05) is 24.3 Å². The van der Waals surface area contributed by atoms with E-state index in [9.17, 15) is 13.2 Å². The molecule has 0 aliphatic carbocycles. The molecule has 110 valence electrons. The normalized spacial score (nSPS) is 19.4. The maximum Gasteiger partial charge on any atom is 0.324 e. The van der Waals surface area contributed by atoms with Crippen molar-refractivity contribution in [2.45, 2.75) is 31.1 Å². The van der Waals surface area contributed by atoms with Gasteiger partial charge in [0.05, 0.1) is 18.5 Å². The van der Waals surface area contributed by atoms with Gasteiger partial charge >= 0.3 is 5.97 Å². The van der Waals surface area contributed by atoms with Crippen LogP contribution in [0.4, 0.5) is 0 Å². The van der Waals surface area contributed by atoms with Crippen LogP contribution in [0.15, 0.2) is 24.3 Å². The van der Waals surface area contributed by atoms with Crippen LogP contribution in [0.1, 0.15) is 31.1 Å². The Labute approximate surface area is 118 Å². The first kappa shape index (κ1) is 15.0. The van der Waals surface area contributed by atoms with Crippen molar-refractivity contribution in [2.75, 3.05) is 12.4 Å². The van der Waals surface area contributed by atoms with Crippen molar-refractivity contribution in [3.05, 3.63) is 35.4 Å². The number of ether oxygens (including phenoxy) is 1. The fourth-order valence-electron chi connectivity index (χ4n) is 2.16. The fraction of sp³-hybridized carbons (Fsp3) is 0.500. The summed E-state index contributed by atoms with van der Waals surface area (Å²) in [5.41, 5.74) is 1.90. The molecule has 20 heavy (non-hydrogen) atoms. The minimum absolute atomic E-state index is 0.316. The van der Waals surface area contributed by atoms with Gasteiger partial charge in [-0.3, -0.25) is 4.79 Å². The first-order valence-electron chi connectivity index (χ1n) is 6.41. The van der Waals surface area contributed by atoms with Gasteiger partial charge in [-0.05, 0) is 31.4 Å². The minimum atomic E-state index is -3.83. The third kappa shape index (κ3) is 2.58. The molecular weight excluding hydrogens is 280 g/mol. The lowest BCUT2D eigenvalue weighted by Crippen LogP contribution is -2.43. The highest BCUT2D eigenvalue weighted by molar-refractivity contribution is 7.93. The van der Waals surface area contributed by atoms with Crippen molar-refractivity contribution >= 4 is 15.8 Å². The molecule has 1 aromatic carbocycles. The van der Waals surface area contributed by atoms with Crippen LogP contribution in [0.2, 0.25) is 0 Å². The molecule has 0 spiro atoms. The number of benzene rings is 1. The van der Waals surface area contributed by atoms with E-state index < -0.39 is 26.7 Å². The summed E-state index contributed by atoms with van der Waals surface area (Å²) in [6.45, 7) is 2.86. The summed E-state index contributed by atoms with van der Waals surface area (Å²) in [6.07, 6.45) is 0.151. The average Bonchev–Trinajstić information content (AvgIpc) is 2.38. The number of carboxylic acid groups (broad SMARTS) is 1. The predicted octanol–water partition coefficient (Wildman–Crippen LogP) is 1.58. The molecular formula is C14H18O5S. The largest absolute Gasteiger partial charge is 0.480 e. The summed E-state index contributed by atoms with van der Waals surface area (Å²) in [5, 5.41) is 9.08. The number of carbonyl (C=O) groups is 1. The number of rotatable bonds is 4. The molecule has 6 heteroatoms. The summed E-state index contributed by atoms with van der Waals surface area (Å²) >= 11 is 0. The smallest absolute Gasteiger partial charge is 0.324 e. The molecule has 1 unspecified atom stereocenters. The molecule has 1 heterocycles. The highest BCUT2D eigenvalue weighted by Gasteiger charge is 2.43. The number of sulfone groups is 1. The summed E-state index contributed by atoms with van der Waals surface area (Å²) in [4.78, 5) is 11.1. The molecule has 0 saturated heterocycles. The van der Waals surface area contributed by atoms with E-state index in [-0.39, 0.29) is 5.75 Å². The Morgan fingerprint density at radius 3 is 2.70 bits per heavy atom. The lowest BCUT2D eigenvalue weighted by atomic mass is 9.99. The average molecular weight is 298 g/mol. The highest BCUT2D eigenvalue weighted by atomic mass is 32.2. The second-order valence-corrected chi connectivity index (χ2v) is 7.99. The Hall–Kier alpha value is -1.40. The van der Waals surface area contributed by atoms with Gasteiger partial charge in [-0.15, -0.1) is 0 Å². The molecule has 1 atom stereocenters. The molecule has 0 fully saturated rings. The van der Waals surface area contributed by atoms with Crippen molar-refractivity contribution in [1.82, 2.24) is 0 Å². The molecule has 1 aromatic rings. The van der Waals surface area contributed by atoms with Crippen molar-refractivity contribution in [2.24, 2.45) is 0 Å². The second-order valence-electron chi connectivity index (χ2n) is 5.41. The van der Waals surface area contributed by atoms with Crippen LogP contribution in [0, 0.1) is 0 Å². The number of hydrogen-bond donors (Lipinski definition) is 1. The van der Waals surface area contributed by atoms with E-state index in [2.05, 4.69) is 0 Å². The van der Waals surface area contributed by atoms with E-state index >= 15 is 0 Å². The van der Waals surface area contributed by atoms with Crippen molar-refractivity contribution in [1.29, 1.82) is 0 Å². The van der Waals surface area contributed by atoms with Gasteiger partial charge in [0.2, 0.25) is 0 Å².